The first-order valence-corrected chi connectivity index (χ1v) is 4.38. The van der Waals surface area contributed by atoms with Crippen molar-refractivity contribution in [2.45, 2.75) is 6.92 Å². The van der Waals surface area contributed by atoms with Gasteiger partial charge in [0.1, 0.15) is 5.75 Å². The van der Waals surface area contributed by atoms with Crippen molar-refractivity contribution in [2.75, 3.05) is 7.11 Å². The Hall–Kier alpha value is -1.62. The molecule has 1 aromatic rings. The molecular weight excluding hydrogens is 222 g/mol. The predicted molar refractivity (Wildman–Crippen MR) is 54.6 cm³/mol. The number of hydrogen-bond donors (Lipinski definition) is 0. The number of hydrogen-bond acceptors (Lipinski definition) is 4. The first-order valence-electron chi connectivity index (χ1n) is 4.00. The lowest BCUT2D eigenvalue weighted by Crippen LogP contribution is -2.00. The average Bonchev–Trinajstić information content (AvgIpc) is 2.16. The Morgan fingerprint density at radius 1 is 1.53 bits per heavy atom. The molecule has 0 atom stereocenters. The number of nitro groups is 1. The van der Waals surface area contributed by atoms with Gasteiger partial charge in [0.15, 0.2) is 0 Å². The lowest BCUT2D eigenvalue weighted by molar-refractivity contribution is -0.384. The van der Waals surface area contributed by atoms with Crippen LogP contribution in [0, 0.1) is 17.0 Å². The van der Waals surface area contributed by atoms with Gasteiger partial charge in [-0.15, -0.1) is 0 Å². The average molecular weight is 230 g/mol. The summed E-state index contributed by atoms with van der Waals surface area (Å²) in [7, 11) is 1.37. The zero-order valence-electron chi connectivity index (χ0n) is 8.11. The number of nitrogens with zero attached hydrogens (tertiary/aromatic N) is 1. The van der Waals surface area contributed by atoms with Crippen LogP contribution in [0.25, 0.3) is 0 Å². The predicted octanol–water partition coefficient (Wildman–Crippen LogP) is 2.29. The monoisotopic (exact) mass is 229 g/mol. The Labute approximate surface area is 90.8 Å². The second-order valence-electron chi connectivity index (χ2n) is 2.87. The summed E-state index contributed by atoms with van der Waals surface area (Å²) in [6, 6.07) is 2.42. The summed E-state index contributed by atoms with van der Waals surface area (Å²) >= 11 is 5.29. The maximum atomic E-state index is 11.0. The number of non-ortho nitro benzene ring substituents is 1. The third-order valence-electron chi connectivity index (χ3n) is 1.89. The molecule has 0 aliphatic carbocycles. The van der Waals surface area contributed by atoms with Crippen LogP contribution in [-0.4, -0.2) is 17.3 Å². The van der Waals surface area contributed by atoms with E-state index in [1.165, 1.54) is 13.2 Å². The number of carbonyl (C=O) groups is 1. The van der Waals surface area contributed by atoms with E-state index >= 15 is 0 Å². The molecule has 0 aliphatic rings. The van der Waals surface area contributed by atoms with E-state index in [1.54, 1.807) is 6.92 Å². The third kappa shape index (κ3) is 2.24. The Morgan fingerprint density at radius 2 is 2.13 bits per heavy atom. The van der Waals surface area contributed by atoms with Gasteiger partial charge in [-0.2, -0.15) is 0 Å². The van der Waals surface area contributed by atoms with Crippen LogP contribution in [0.15, 0.2) is 12.1 Å². The lowest BCUT2D eigenvalue weighted by Gasteiger charge is -2.07. The van der Waals surface area contributed by atoms with Gasteiger partial charge in [-0.3, -0.25) is 14.9 Å². The van der Waals surface area contributed by atoms with Crippen molar-refractivity contribution >= 4 is 22.5 Å². The largest absolute Gasteiger partial charge is 0.496 e. The Kier molecular flexibility index (Phi) is 3.26. The second kappa shape index (κ2) is 4.27. The Morgan fingerprint density at radius 3 is 2.53 bits per heavy atom. The summed E-state index contributed by atoms with van der Waals surface area (Å²) in [4.78, 5) is 21.0. The fourth-order valence-electron chi connectivity index (χ4n) is 1.28. The highest BCUT2D eigenvalue weighted by molar-refractivity contribution is 6.68. The molecule has 0 aliphatic heterocycles. The number of halogens is 1. The number of methoxy groups -OCH3 is 1. The fraction of sp³-hybridized carbons (Fsp3) is 0.222. The number of carbonyl (C=O) groups excluding carboxylic acids is 1. The van der Waals surface area contributed by atoms with E-state index in [0.717, 1.165) is 6.07 Å². The molecule has 0 amide bonds. The van der Waals surface area contributed by atoms with Crippen LogP contribution in [0.4, 0.5) is 5.69 Å². The highest BCUT2D eigenvalue weighted by Crippen LogP contribution is 2.29. The third-order valence-corrected chi connectivity index (χ3v) is 2.09. The van der Waals surface area contributed by atoms with Gasteiger partial charge in [-0.1, -0.05) is 0 Å². The van der Waals surface area contributed by atoms with Gasteiger partial charge < -0.3 is 4.74 Å². The van der Waals surface area contributed by atoms with Crippen LogP contribution in [0.2, 0.25) is 0 Å². The summed E-state index contributed by atoms with van der Waals surface area (Å²) in [6.07, 6.45) is 0. The maximum absolute atomic E-state index is 11.0. The van der Waals surface area contributed by atoms with Crippen LogP contribution in [0.3, 0.4) is 0 Å². The second-order valence-corrected chi connectivity index (χ2v) is 3.22. The summed E-state index contributed by atoms with van der Waals surface area (Å²) in [6.45, 7) is 1.61. The molecular formula is C9H8ClNO4. The molecule has 15 heavy (non-hydrogen) atoms. The number of ether oxygens (including phenoxy) is 1. The normalized spacial score (nSPS) is 9.80. The minimum Gasteiger partial charge on any atom is -0.496 e. The van der Waals surface area contributed by atoms with Gasteiger partial charge >= 0.3 is 0 Å². The van der Waals surface area contributed by atoms with E-state index in [-0.39, 0.29) is 17.0 Å². The van der Waals surface area contributed by atoms with Crippen molar-refractivity contribution in [3.05, 3.63) is 33.4 Å². The van der Waals surface area contributed by atoms with Gasteiger partial charge in [-0.25, -0.2) is 0 Å². The molecule has 0 radical (unpaired) electrons. The fourth-order valence-corrected chi connectivity index (χ4v) is 1.42. The van der Waals surface area contributed by atoms with Crippen LogP contribution in [-0.2, 0) is 0 Å². The smallest absolute Gasteiger partial charge is 0.270 e. The van der Waals surface area contributed by atoms with Gasteiger partial charge in [0.25, 0.3) is 10.9 Å². The van der Waals surface area contributed by atoms with E-state index < -0.39 is 10.2 Å². The standard InChI is InChI=1S/C9H8ClNO4/c1-5-3-6(11(13)14)4-7(9(10)12)8(5)15-2/h3-4H,1-2H3. The molecule has 0 fully saturated rings. The summed E-state index contributed by atoms with van der Waals surface area (Å²) in [5, 5.41) is 9.76. The zero-order chi connectivity index (χ0) is 11.6. The summed E-state index contributed by atoms with van der Waals surface area (Å²) in [5.74, 6) is 0.264. The van der Waals surface area contributed by atoms with Gasteiger partial charge in [0.2, 0.25) is 0 Å². The van der Waals surface area contributed by atoms with E-state index in [2.05, 4.69) is 0 Å². The van der Waals surface area contributed by atoms with Crippen molar-refractivity contribution in [1.29, 1.82) is 0 Å². The quantitative estimate of drug-likeness (QED) is 0.453. The number of rotatable bonds is 3. The first-order chi connectivity index (χ1) is 6.97. The molecule has 80 valence electrons. The zero-order valence-corrected chi connectivity index (χ0v) is 8.87. The Balaban J connectivity index is 3.45. The highest BCUT2D eigenvalue weighted by atomic mass is 35.5. The molecule has 0 saturated carbocycles. The molecule has 0 unspecified atom stereocenters. The number of benzene rings is 1. The van der Waals surface area contributed by atoms with Crippen molar-refractivity contribution in [3.8, 4) is 5.75 Å². The first kappa shape index (κ1) is 11.5. The summed E-state index contributed by atoms with van der Waals surface area (Å²) < 4.78 is 4.94. The van der Waals surface area contributed by atoms with Crippen molar-refractivity contribution < 1.29 is 14.5 Å². The van der Waals surface area contributed by atoms with Gasteiger partial charge in [0.05, 0.1) is 17.6 Å². The summed E-state index contributed by atoms with van der Waals surface area (Å²) in [5.41, 5.74) is 0.318. The minimum atomic E-state index is -0.779. The Bertz CT molecular complexity index is 430. The maximum Gasteiger partial charge on any atom is 0.270 e. The number of aryl methyl sites for hydroxylation is 1. The molecule has 0 spiro atoms. The van der Waals surface area contributed by atoms with Crippen molar-refractivity contribution in [2.24, 2.45) is 0 Å². The minimum absolute atomic E-state index is 0.00543. The molecule has 0 bridgehead atoms. The SMILES string of the molecule is COc1c(C)cc([N+](=O)[O-])cc1C(=O)Cl. The molecule has 1 rings (SSSR count). The number of nitro benzene ring substituents is 1. The van der Waals surface area contributed by atoms with E-state index in [4.69, 9.17) is 16.3 Å². The molecule has 0 aromatic heterocycles. The van der Waals surface area contributed by atoms with Gasteiger partial charge in [-0.05, 0) is 24.1 Å². The van der Waals surface area contributed by atoms with Crippen molar-refractivity contribution in [3.63, 3.8) is 0 Å². The molecule has 6 heteroatoms. The van der Waals surface area contributed by atoms with Gasteiger partial charge in [0, 0.05) is 12.1 Å². The topological polar surface area (TPSA) is 69.4 Å². The van der Waals surface area contributed by atoms with Crippen molar-refractivity contribution in [1.82, 2.24) is 0 Å². The van der Waals surface area contributed by atoms with Crippen LogP contribution in [0.5, 0.6) is 5.75 Å². The van der Waals surface area contributed by atoms with Crippen LogP contribution >= 0.6 is 11.6 Å². The van der Waals surface area contributed by atoms with E-state index in [0.29, 0.717) is 5.56 Å². The highest BCUT2D eigenvalue weighted by Gasteiger charge is 2.18. The molecule has 0 N–H and O–H groups in total. The molecule has 0 heterocycles. The molecule has 1 aromatic carbocycles. The van der Waals surface area contributed by atoms with E-state index in [1.807, 2.05) is 0 Å². The molecule has 0 saturated heterocycles. The van der Waals surface area contributed by atoms with E-state index in [9.17, 15) is 14.9 Å². The molecule has 5 nitrogen and oxygen atoms in total. The van der Waals surface area contributed by atoms with Crippen LogP contribution in [0.1, 0.15) is 15.9 Å². The lowest BCUT2D eigenvalue weighted by atomic mass is 10.1. The van der Waals surface area contributed by atoms with Crippen LogP contribution < -0.4 is 4.74 Å².